The fourth-order valence-electron chi connectivity index (χ4n) is 2.93. The number of para-hydroxylation sites is 1. The quantitative estimate of drug-likeness (QED) is 0.796. The lowest BCUT2D eigenvalue weighted by Gasteiger charge is -2.23. The van der Waals surface area contributed by atoms with Gasteiger partial charge in [0, 0.05) is 29.8 Å². The third kappa shape index (κ3) is 2.90. The zero-order valence-electron chi connectivity index (χ0n) is 13.5. The number of benzene rings is 1. The Kier molecular flexibility index (Phi) is 4.00. The molecule has 1 amide bonds. The number of carbonyl (C=O) groups excluding carboxylic acids is 1. The van der Waals surface area contributed by atoms with Crippen molar-refractivity contribution in [1.29, 1.82) is 0 Å². The third-order valence-electron chi connectivity index (χ3n) is 4.31. The molecule has 5 nitrogen and oxygen atoms in total. The molecule has 0 saturated heterocycles. The van der Waals surface area contributed by atoms with Crippen LogP contribution < -0.4 is 5.32 Å². The normalized spacial score (nSPS) is 14.5. The largest absolute Gasteiger partial charge is 0.298 e. The molecule has 3 heterocycles. The van der Waals surface area contributed by atoms with Gasteiger partial charge in [-0.3, -0.25) is 15.0 Å². The molecule has 6 heteroatoms. The van der Waals surface area contributed by atoms with Gasteiger partial charge < -0.3 is 0 Å². The van der Waals surface area contributed by atoms with Crippen molar-refractivity contribution in [3.63, 3.8) is 0 Å². The Morgan fingerprint density at radius 3 is 3.00 bits per heavy atom. The Bertz CT molecular complexity index is 905. The Morgan fingerprint density at radius 1 is 1.25 bits per heavy atom. The van der Waals surface area contributed by atoms with Crippen LogP contribution in [0.5, 0.6) is 0 Å². The van der Waals surface area contributed by atoms with Crippen LogP contribution in [0.3, 0.4) is 0 Å². The van der Waals surface area contributed by atoms with E-state index < -0.39 is 0 Å². The maximum Gasteiger partial charge on any atom is 0.276 e. The van der Waals surface area contributed by atoms with E-state index in [0.29, 0.717) is 10.8 Å². The van der Waals surface area contributed by atoms with Crippen molar-refractivity contribution in [3.05, 3.63) is 52.7 Å². The zero-order chi connectivity index (χ0) is 16.5. The molecule has 0 unspecified atom stereocenters. The second-order valence-corrected chi connectivity index (χ2v) is 6.93. The molecule has 24 heavy (non-hydrogen) atoms. The lowest BCUT2D eigenvalue weighted by atomic mass is 10.2. The molecule has 1 aliphatic rings. The Balaban J connectivity index is 1.54. The van der Waals surface area contributed by atoms with Crippen molar-refractivity contribution < 1.29 is 4.79 Å². The van der Waals surface area contributed by atoms with Gasteiger partial charge in [0.15, 0.2) is 5.13 Å². The van der Waals surface area contributed by atoms with Crippen molar-refractivity contribution in [2.24, 2.45) is 0 Å². The molecule has 0 aliphatic carbocycles. The van der Waals surface area contributed by atoms with Crippen LogP contribution in [0.25, 0.3) is 10.9 Å². The molecular weight excluding hydrogens is 320 g/mol. The molecule has 0 spiro atoms. The second kappa shape index (κ2) is 6.30. The van der Waals surface area contributed by atoms with Crippen molar-refractivity contribution in [2.45, 2.75) is 19.9 Å². The van der Waals surface area contributed by atoms with E-state index in [4.69, 9.17) is 0 Å². The summed E-state index contributed by atoms with van der Waals surface area (Å²) in [6, 6.07) is 11.5. The number of rotatable bonds is 3. The molecule has 1 aromatic carbocycles. The highest BCUT2D eigenvalue weighted by Crippen LogP contribution is 2.28. The predicted octanol–water partition coefficient (Wildman–Crippen LogP) is 3.32. The summed E-state index contributed by atoms with van der Waals surface area (Å²) < 4.78 is 0. The van der Waals surface area contributed by atoms with E-state index in [1.165, 1.54) is 4.88 Å². The van der Waals surface area contributed by atoms with Crippen LogP contribution in [0.2, 0.25) is 0 Å². The van der Waals surface area contributed by atoms with Crippen LogP contribution in [0, 0.1) is 0 Å². The van der Waals surface area contributed by atoms with Crippen LogP contribution in [-0.4, -0.2) is 33.9 Å². The van der Waals surface area contributed by atoms with Gasteiger partial charge in [-0.05, 0) is 18.7 Å². The number of hydrogen-bond acceptors (Lipinski definition) is 5. The molecular formula is C18H18N4OS. The van der Waals surface area contributed by atoms with Gasteiger partial charge in [-0.2, -0.15) is 0 Å². The number of fused-ring (bicyclic) bond motifs is 2. The van der Waals surface area contributed by atoms with E-state index >= 15 is 0 Å². The molecule has 1 aliphatic heterocycles. The van der Waals surface area contributed by atoms with Crippen molar-refractivity contribution >= 4 is 33.3 Å². The summed E-state index contributed by atoms with van der Waals surface area (Å²) in [5, 5.41) is 4.59. The average Bonchev–Trinajstić information content (AvgIpc) is 3.02. The van der Waals surface area contributed by atoms with Gasteiger partial charge >= 0.3 is 0 Å². The summed E-state index contributed by atoms with van der Waals surface area (Å²) in [4.78, 5) is 25.1. The number of likely N-dealkylation sites (N-methyl/N-ethyl adjacent to an activating group) is 1. The molecule has 0 saturated carbocycles. The fourth-order valence-corrected chi connectivity index (χ4v) is 3.97. The molecule has 4 rings (SSSR count). The van der Waals surface area contributed by atoms with Gasteiger partial charge in [0.25, 0.3) is 5.91 Å². The Morgan fingerprint density at radius 2 is 2.12 bits per heavy atom. The number of thiazole rings is 1. The lowest BCUT2D eigenvalue weighted by molar-refractivity contribution is 0.102. The minimum absolute atomic E-state index is 0.209. The van der Waals surface area contributed by atoms with Gasteiger partial charge in [0.2, 0.25) is 0 Å². The van der Waals surface area contributed by atoms with Crippen LogP contribution in [0.4, 0.5) is 5.13 Å². The molecule has 0 atom stereocenters. The Labute approximate surface area is 144 Å². The smallest absolute Gasteiger partial charge is 0.276 e. The molecule has 0 bridgehead atoms. The maximum atomic E-state index is 12.5. The first-order chi connectivity index (χ1) is 11.7. The number of amides is 1. The van der Waals surface area contributed by atoms with Gasteiger partial charge in [0.1, 0.15) is 5.69 Å². The molecule has 0 fully saturated rings. The van der Waals surface area contributed by atoms with Gasteiger partial charge in [-0.25, -0.2) is 9.97 Å². The van der Waals surface area contributed by atoms with E-state index in [9.17, 15) is 4.79 Å². The Hall–Kier alpha value is -2.31. The number of nitrogens with one attached hydrogen (secondary N) is 1. The van der Waals surface area contributed by atoms with Crippen LogP contribution >= 0.6 is 11.3 Å². The standard InChI is InChI=1S/C18H18N4OS/c1-2-22-10-9-14-16(11-22)24-18(20-14)21-17(23)15-8-7-12-5-3-4-6-13(12)19-15/h3-8H,2,9-11H2,1H3,(H,20,21,23). The highest BCUT2D eigenvalue weighted by Gasteiger charge is 2.20. The number of nitrogens with zero attached hydrogens (tertiary/aromatic N) is 3. The van der Waals surface area contributed by atoms with E-state index in [1.807, 2.05) is 30.3 Å². The summed E-state index contributed by atoms with van der Waals surface area (Å²) in [6.45, 7) is 5.17. The van der Waals surface area contributed by atoms with Gasteiger partial charge in [0.05, 0.1) is 11.2 Å². The van der Waals surface area contributed by atoms with Crippen LogP contribution in [0.15, 0.2) is 36.4 Å². The van der Waals surface area contributed by atoms with E-state index in [-0.39, 0.29) is 5.91 Å². The van der Waals surface area contributed by atoms with Crippen molar-refractivity contribution in [2.75, 3.05) is 18.4 Å². The topological polar surface area (TPSA) is 58.1 Å². The molecule has 1 N–H and O–H groups in total. The predicted molar refractivity (Wildman–Crippen MR) is 96.5 cm³/mol. The second-order valence-electron chi connectivity index (χ2n) is 5.85. The number of hydrogen-bond donors (Lipinski definition) is 1. The van der Waals surface area contributed by atoms with Crippen LogP contribution in [-0.2, 0) is 13.0 Å². The SMILES string of the molecule is CCN1CCc2nc(NC(=O)c3ccc4ccccc4n3)sc2C1. The summed E-state index contributed by atoms with van der Waals surface area (Å²) in [7, 11) is 0. The van der Waals surface area contributed by atoms with E-state index in [2.05, 4.69) is 27.1 Å². The minimum Gasteiger partial charge on any atom is -0.298 e. The summed E-state index contributed by atoms with van der Waals surface area (Å²) in [6.07, 6.45) is 0.948. The molecule has 3 aromatic rings. The van der Waals surface area contributed by atoms with Crippen LogP contribution in [0.1, 0.15) is 28.0 Å². The summed E-state index contributed by atoms with van der Waals surface area (Å²) in [5.74, 6) is -0.209. The monoisotopic (exact) mass is 338 g/mol. The zero-order valence-corrected chi connectivity index (χ0v) is 14.3. The maximum absolute atomic E-state index is 12.5. The first-order valence-electron chi connectivity index (χ1n) is 8.11. The summed E-state index contributed by atoms with van der Waals surface area (Å²) in [5.41, 5.74) is 2.35. The first kappa shape index (κ1) is 15.2. The lowest BCUT2D eigenvalue weighted by Crippen LogP contribution is -2.29. The summed E-state index contributed by atoms with van der Waals surface area (Å²) >= 11 is 1.57. The molecule has 0 radical (unpaired) electrons. The van der Waals surface area contributed by atoms with Gasteiger partial charge in [-0.15, -0.1) is 11.3 Å². The third-order valence-corrected chi connectivity index (χ3v) is 5.31. The molecule has 122 valence electrons. The van der Waals surface area contributed by atoms with Crippen molar-refractivity contribution in [1.82, 2.24) is 14.9 Å². The minimum atomic E-state index is -0.209. The number of pyridine rings is 1. The molecule has 2 aromatic heterocycles. The number of anilines is 1. The highest BCUT2D eigenvalue weighted by atomic mass is 32.1. The average molecular weight is 338 g/mol. The first-order valence-corrected chi connectivity index (χ1v) is 8.92. The van der Waals surface area contributed by atoms with Crippen molar-refractivity contribution in [3.8, 4) is 0 Å². The fraction of sp³-hybridized carbons (Fsp3) is 0.278. The number of carbonyl (C=O) groups is 1. The van der Waals surface area contributed by atoms with Gasteiger partial charge in [-0.1, -0.05) is 31.2 Å². The number of aromatic nitrogens is 2. The highest BCUT2D eigenvalue weighted by molar-refractivity contribution is 7.15. The van der Waals surface area contributed by atoms with E-state index in [0.717, 1.165) is 42.7 Å². The van der Waals surface area contributed by atoms with E-state index in [1.54, 1.807) is 17.4 Å².